The highest BCUT2D eigenvalue weighted by atomic mass is 79.9. The van der Waals surface area contributed by atoms with Crippen molar-refractivity contribution < 1.29 is 21.7 Å². The second kappa shape index (κ2) is 9.72. The molecule has 0 fully saturated rings. The number of para-hydroxylation sites is 2. The van der Waals surface area contributed by atoms with Gasteiger partial charge in [-0.15, -0.1) is 11.3 Å². The van der Waals surface area contributed by atoms with E-state index in [2.05, 4.69) is 47.9 Å². The number of halogens is 1. The third-order valence-corrected chi connectivity index (χ3v) is 5.38. The Morgan fingerprint density at radius 2 is 1.48 bits per heavy atom. The number of aryl methyl sites for hydroxylation is 1. The van der Waals surface area contributed by atoms with Gasteiger partial charge in [0.25, 0.3) is 0 Å². The number of thiazole rings is 1. The van der Waals surface area contributed by atoms with Crippen molar-refractivity contribution in [1.82, 2.24) is 4.57 Å². The van der Waals surface area contributed by atoms with Crippen molar-refractivity contribution in [1.29, 1.82) is 0 Å². The Hall–Kier alpha value is -2.63. The minimum atomic E-state index is 0. The summed E-state index contributed by atoms with van der Waals surface area (Å²) < 4.78 is 7.84. The summed E-state index contributed by atoms with van der Waals surface area (Å²) in [5, 5.41) is 0. The molecule has 4 rings (SSSR count). The first-order valence-electron chi connectivity index (χ1n) is 9.37. The summed E-state index contributed by atoms with van der Waals surface area (Å²) in [6, 6.07) is 28.8. The first kappa shape index (κ1) is 21.1. The fraction of sp³-hybridized carbons (Fsp3) is 0.125. The maximum atomic E-state index is 5.60. The summed E-state index contributed by atoms with van der Waals surface area (Å²) >= 11 is 1.70. The van der Waals surface area contributed by atoms with Gasteiger partial charge in [-0.2, -0.15) is 0 Å². The van der Waals surface area contributed by atoms with E-state index in [4.69, 9.17) is 9.73 Å². The van der Waals surface area contributed by atoms with Crippen molar-refractivity contribution in [2.75, 3.05) is 6.61 Å². The monoisotopic (exact) mass is 465 g/mol. The van der Waals surface area contributed by atoms with E-state index in [1.54, 1.807) is 11.3 Å². The van der Waals surface area contributed by atoms with Crippen LogP contribution in [0.25, 0.3) is 16.9 Å². The van der Waals surface area contributed by atoms with Crippen LogP contribution in [0.5, 0.6) is 5.75 Å². The van der Waals surface area contributed by atoms with Gasteiger partial charge in [0, 0.05) is 10.6 Å². The molecule has 4 aromatic rings. The number of benzene rings is 3. The highest BCUT2D eigenvalue weighted by molar-refractivity contribution is 7.09. The summed E-state index contributed by atoms with van der Waals surface area (Å²) in [4.78, 5) is 7.11. The summed E-state index contributed by atoms with van der Waals surface area (Å²) in [6.07, 6.45) is 0. The second-order valence-electron chi connectivity index (χ2n) is 6.37. The van der Waals surface area contributed by atoms with Gasteiger partial charge in [-0.25, -0.2) is 4.99 Å². The van der Waals surface area contributed by atoms with E-state index in [1.165, 1.54) is 4.88 Å². The van der Waals surface area contributed by atoms with Crippen LogP contribution in [-0.2, 0) is 0 Å². The van der Waals surface area contributed by atoms with E-state index in [1.807, 2.05) is 55.5 Å². The SMILES string of the molecule is CCOc1ccc(-c2c(C)sc(=Nc3ccccc3)n2-c2ccccc2)cc1.[Br-]. The Labute approximate surface area is 185 Å². The molecular formula is C24H22BrN2OS-. The van der Waals surface area contributed by atoms with Crippen molar-refractivity contribution in [2.24, 2.45) is 4.99 Å². The Morgan fingerprint density at radius 3 is 2.10 bits per heavy atom. The zero-order valence-corrected chi connectivity index (χ0v) is 18.8. The van der Waals surface area contributed by atoms with Gasteiger partial charge >= 0.3 is 0 Å². The molecule has 0 radical (unpaired) electrons. The van der Waals surface area contributed by atoms with Crippen molar-refractivity contribution in [2.45, 2.75) is 13.8 Å². The van der Waals surface area contributed by atoms with Gasteiger partial charge < -0.3 is 21.7 Å². The quantitative estimate of drug-likeness (QED) is 0.444. The highest BCUT2D eigenvalue weighted by Crippen LogP contribution is 2.29. The minimum absolute atomic E-state index is 0. The molecule has 0 bridgehead atoms. The average molecular weight is 466 g/mol. The predicted octanol–water partition coefficient (Wildman–Crippen LogP) is 3.15. The molecule has 3 aromatic carbocycles. The van der Waals surface area contributed by atoms with Gasteiger partial charge in [-0.3, -0.25) is 4.57 Å². The molecule has 0 N–H and O–H groups in total. The lowest BCUT2D eigenvalue weighted by Gasteiger charge is -2.11. The Morgan fingerprint density at radius 1 is 0.862 bits per heavy atom. The smallest absolute Gasteiger partial charge is 0.195 e. The summed E-state index contributed by atoms with van der Waals surface area (Å²) in [5.74, 6) is 0.889. The molecule has 29 heavy (non-hydrogen) atoms. The molecule has 0 amide bonds. The van der Waals surface area contributed by atoms with Gasteiger partial charge in [-0.05, 0) is 67.9 Å². The molecule has 0 aliphatic rings. The van der Waals surface area contributed by atoms with E-state index in [-0.39, 0.29) is 17.0 Å². The van der Waals surface area contributed by atoms with Crippen molar-refractivity contribution in [3.05, 3.63) is 94.6 Å². The van der Waals surface area contributed by atoms with Gasteiger partial charge in [-0.1, -0.05) is 36.4 Å². The van der Waals surface area contributed by atoms with E-state index >= 15 is 0 Å². The lowest BCUT2D eigenvalue weighted by molar-refractivity contribution is -0.00000615. The molecule has 5 heteroatoms. The fourth-order valence-electron chi connectivity index (χ4n) is 3.19. The van der Waals surface area contributed by atoms with Crippen molar-refractivity contribution in [3.63, 3.8) is 0 Å². The summed E-state index contributed by atoms with van der Waals surface area (Å²) in [7, 11) is 0. The zero-order valence-electron chi connectivity index (χ0n) is 16.4. The molecular weight excluding hydrogens is 444 g/mol. The number of hydrogen-bond acceptors (Lipinski definition) is 3. The molecule has 1 heterocycles. The van der Waals surface area contributed by atoms with E-state index in [0.29, 0.717) is 6.61 Å². The Bertz CT molecular complexity index is 1120. The van der Waals surface area contributed by atoms with Crippen LogP contribution in [0.3, 0.4) is 0 Å². The molecule has 0 saturated carbocycles. The van der Waals surface area contributed by atoms with Crippen LogP contribution in [0.15, 0.2) is 89.9 Å². The van der Waals surface area contributed by atoms with Crippen LogP contribution >= 0.6 is 11.3 Å². The van der Waals surface area contributed by atoms with E-state index in [9.17, 15) is 0 Å². The number of ether oxygens (including phenoxy) is 1. The lowest BCUT2D eigenvalue weighted by atomic mass is 10.1. The molecule has 1 aromatic heterocycles. The molecule has 0 aliphatic heterocycles. The number of nitrogens with zero attached hydrogens (tertiary/aromatic N) is 2. The van der Waals surface area contributed by atoms with Gasteiger partial charge in [0.15, 0.2) is 4.80 Å². The molecule has 148 valence electrons. The maximum Gasteiger partial charge on any atom is 0.195 e. The van der Waals surface area contributed by atoms with Crippen LogP contribution in [-0.4, -0.2) is 11.2 Å². The molecule has 0 unspecified atom stereocenters. The first-order valence-corrected chi connectivity index (χ1v) is 10.2. The molecule has 0 aliphatic carbocycles. The second-order valence-corrected chi connectivity index (χ2v) is 7.55. The van der Waals surface area contributed by atoms with Crippen LogP contribution in [0.4, 0.5) is 5.69 Å². The zero-order chi connectivity index (χ0) is 19.3. The first-order chi connectivity index (χ1) is 13.8. The number of rotatable bonds is 5. The van der Waals surface area contributed by atoms with Crippen molar-refractivity contribution in [3.8, 4) is 22.7 Å². The molecule has 3 nitrogen and oxygen atoms in total. The fourth-order valence-corrected chi connectivity index (χ4v) is 4.21. The minimum Gasteiger partial charge on any atom is -1.00 e. The molecule has 0 atom stereocenters. The maximum absolute atomic E-state index is 5.60. The van der Waals surface area contributed by atoms with Crippen LogP contribution in [0.1, 0.15) is 11.8 Å². The van der Waals surface area contributed by atoms with Crippen LogP contribution in [0, 0.1) is 6.92 Å². The Balaban J connectivity index is 0.00000240. The largest absolute Gasteiger partial charge is 1.00 e. The highest BCUT2D eigenvalue weighted by Gasteiger charge is 2.14. The average Bonchev–Trinajstić information content (AvgIpc) is 3.06. The number of aromatic nitrogens is 1. The standard InChI is InChI=1S/C24H22N2OS.BrH/c1-3-27-22-16-14-19(15-17-22)23-18(2)28-24(25-20-10-6-4-7-11-20)26(23)21-12-8-5-9-13-21;/h4-17H,3H2,1-2H3;1H/p-1. The Kier molecular flexibility index (Phi) is 7.07. The molecule has 0 saturated heterocycles. The van der Waals surface area contributed by atoms with Crippen molar-refractivity contribution >= 4 is 17.0 Å². The van der Waals surface area contributed by atoms with Gasteiger partial charge in [0.1, 0.15) is 5.75 Å². The van der Waals surface area contributed by atoms with Gasteiger partial charge in [0.05, 0.1) is 18.0 Å². The molecule has 0 spiro atoms. The predicted molar refractivity (Wildman–Crippen MR) is 117 cm³/mol. The van der Waals surface area contributed by atoms with E-state index < -0.39 is 0 Å². The van der Waals surface area contributed by atoms with E-state index in [0.717, 1.165) is 33.2 Å². The topological polar surface area (TPSA) is 26.5 Å². The summed E-state index contributed by atoms with van der Waals surface area (Å²) in [5.41, 5.74) is 4.36. The number of hydrogen-bond donors (Lipinski definition) is 0. The lowest BCUT2D eigenvalue weighted by Crippen LogP contribution is -3.00. The van der Waals surface area contributed by atoms with Crippen LogP contribution < -0.4 is 26.5 Å². The van der Waals surface area contributed by atoms with Crippen LogP contribution in [0.2, 0.25) is 0 Å². The third-order valence-electron chi connectivity index (χ3n) is 4.43. The van der Waals surface area contributed by atoms with Gasteiger partial charge in [0.2, 0.25) is 0 Å². The normalized spacial score (nSPS) is 11.2. The third kappa shape index (κ3) is 4.69. The summed E-state index contributed by atoms with van der Waals surface area (Å²) in [6.45, 7) is 4.82.